The van der Waals surface area contributed by atoms with E-state index in [1.165, 1.54) is 11.1 Å². The van der Waals surface area contributed by atoms with Gasteiger partial charge in [0.1, 0.15) is 11.3 Å². The zero-order valence-electron chi connectivity index (χ0n) is 11.9. The summed E-state index contributed by atoms with van der Waals surface area (Å²) in [6.45, 7) is 5.57. The number of nitrogens with zero attached hydrogens (tertiary/aromatic N) is 1. The maximum absolute atomic E-state index is 12.0. The molecule has 0 fully saturated rings. The molecule has 0 unspecified atom stereocenters. The van der Waals surface area contributed by atoms with E-state index in [4.69, 9.17) is 4.74 Å². The van der Waals surface area contributed by atoms with Gasteiger partial charge in [-0.2, -0.15) is 0 Å². The number of pyridine rings is 1. The third-order valence-corrected chi connectivity index (χ3v) is 3.25. The third-order valence-electron chi connectivity index (χ3n) is 3.25. The monoisotopic (exact) mass is 267 g/mol. The number of fused-ring (bicyclic) bond motifs is 3. The molecular formula is C17H17NO2. The average molecular weight is 267 g/mol. The van der Waals surface area contributed by atoms with Crippen molar-refractivity contribution >= 4 is 5.97 Å². The van der Waals surface area contributed by atoms with E-state index in [1.54, 1.807) is 6.07 Å². The molecule has 0 radical (unpaired) electrons. The molecule has 0 spiro atoms. The highest BCUT2D eigenvalue weighted by atomic mass is 16.6. The third kappa shape index (κ3) is 2.31. The van der Waals surface area contributed by atoms with Gasteiger partial charge in [-0.1, -0.05) is 30.3 Å². The molecule has 0 N–H and O–H groups in total. The molecule has 0 atom stereocenters. The van der Waals surface area contributed by atoms with Crippen LogP contribution in [0.25, 0.3) is 11.1 Å². The summed E-state index contributed by atoms with van der Waals surface area (Å²) in [6.07, 6.45) is 0.780. The van der Waals surface area contributed by atoms with Gasteiger partial charge in [0.2, 0.25) is 0 Å². The van der Waals surface area contributed by atoms with Crippen LogP contribution in [0.3, 0.4) is 0 Å². The van der Waals surface area contributed by atoms with Gasteiger partial charge >= 0.3 is 5.97 Å². The summed E-state index contributed by atoms with van der Waals surface area (Å²) in [5, 5.41) is 0. The lowest BCUT2D eigenvalue weighted by molar-refractivity contribution is 0.00626. The lowest BCUT2D eigenvalue weighted by Crippen LogP contribution is -2.24. The van der Waals surface area contributed by atoms with Crippen LogP contribution in [0, 0.1) is 0 Å². The van der Waals surface area contributed by atoms with Gasteiger partial charge < -0.3 is 4.74 Å². The second kappa shape index (κ2) is 4.44. The number of rotatable bonds is 1. The van der Waals surface area contributed by atoms with Crippen molar-refractivity contribution in [1.82, 2.24) is 4.98 Å². The largest absolute Gasteiger partial charge is 0.455 e. The molecule has 3 rings (SSSR count). The van der Waals surface area contributed by atoms with Crippen LogP contribution in [0.1, 0.15) is 42.5 Å². The first-order valence-corrected chi connectivity index (χ1v) is 6.75. The fourth-order valence-corrected chi connectivity index (χ4v) is 2.44. The lowest BCUT2D eigenvalue weighted by atomic mass is 10.1. The number of carbonyl (C=O) groups is 1. The Morgan fingerprint density at radius 1 is 1.10 bits per heavy atom. The van der Waals surface area contributed by atoms with Gasteiger partial charge in [0.05, 0.1) is 5.69 Å². The van der Waals surface area contributed by atoms with Crippen LogP contribution in [0.15, 0.2) is 36.4 Å². The fraction of sp³-hybridized carbons (Fsp3) is 0.294. The van der Waals surface area contributed by atoms with E-state index in [0.717, 1.165) is 17.7 Å². The van der Waals surface area contributed by atoms with Gasteiger partial charge in [-0.25, -0.2) is 9.78 Å². The molecule has 1 aromatic carbocycles. The second-order valence-corrected chi connectivity index (χ2v) is 6.03. The molecule has 20 heavy (non-hydrogen) atoms. The van der Waals surface area contributed by atoms with Crippen LogP contribution in [0.2, 0.25) is 0 Å². The smallest absolute Gasteiger partial charge is 0.357 e. The van der Waals surface area contributed by atoms with Crippen LogP contribution < -0.4 is 0 Å². The quantitative estimate of drug-likeness (QED) is 0.632. The normalized spacial score (nSPS) is 12.8. The summed E-state index contributed by atoms with van der Waals surface area (Å²) in [5.74, 6) is -0.365. The Balaban J connectivity index is 1.93. The maximum atomic E-state index is 12.0. The van der Waals surface area contributed by atoms with Crippen molar-refractivity contribution in [2.24, 2.45) is 0 Å². The molecule has 1 heterocycles. The molecule has 1 aliphatic rings. The van der Waals surface area contributed by atoms with Crippen LogP contribution in [-0.4, -0.2) is 16.6 Å². The van der Waals surface area contributed by atoms with Crippen molar-refractivity contribution in [3.05, 3.63) is 53.3 Å². The van der Waals surface area contributed by atoms with Gasteiger partial charge in [0.25, 0.3) is 0 Å². The molecule has 1 aromatic heterocycles. The molecule has 0 saturated carbocycles. The zero-order valence-corrected chi connectivity index (χ0v) is 11.9. The van der Waals surface area contributed by atoms with Crippen LogP contribution in [-0.2, 0) is 11.2 Å². The van der Waals surface area contributed by atoms with Crippen LogP contribution in [0.5, 0.6) is 0 Å². The number of esters is 1. The van der Waals surface area contributed by atoms with E-state index in [0.29, 0.717) is 5.69 Å². The molecule has 3 nitrogen and oxygen atoms in total. The summed E-state index contributed by atoms with van der Waals surface area (Å²) in [4.78, 5) is 16.5. The van der Waals surface area contributed by atoms with E-state index in [9.17, 15) is 4.79 Å². The second-order valence-electron chi connectivity index (χ2n) is 6.03. The van der Waals surface area contributed by atoms with Crippen molar-refractivity contribution in [3.8, 4) is 11.1 Å². The minimum absolute atomic E-state index is 0.365. The minimum atomic E-state index is -0.499. The first-order chi connectivity index (χ1) is 9.44. The number of hydrogen-bond acceptors (Lipinski definition) is 3. The van der Waals surface area contributed by atoms with Gasteiger partial charge in [0.15, 0.2) is 0 Å². The first-order valence-electron chi connectivity index (χ1n) is 6.75. The number of hydrogen-bond donors (Lipinski definition) is 0. The predicted molar refractivity (Wildman–Crippen MR) is 77.6 cm³/mol. The SMILES string of the molecule is CC(C)(C)OC(=O)c1ccc2c(n1)Cc1ccccc1-2. The summed E-state index contributed by atoms with van der Waals surface area (Å²) in [7, 11) is 0. The first kappa shape index (κ1) is 12.9. The zero-order chi connectivity index (χ0) is 14.3. The molecule has 0 bridgehead atoms. The molecule has 1 aliphatic carbocycles. The van der Waals surface area contributed by atoms with Crippen molar-refractivity contribution < 1.29 is 9.53 Å². The highest BCUT2D eigenvalue weighted by Gasteiger charge is 2.23. The van der Waals surface area contributed by atoms with Crippen molar-refractivity contribution in [2.45, 2.75) is 32.8 Å². The molecular weight excluding hydrogens is 250 g/mol. The summed E-state index contributed by atoms with van der Waals surface area (Å²) in [5.41, 5.74) is 4.43. The Morgan fingerprint density at radius 3 is 2.60 bits per heavy atom. The van der Waals surface area contributed by atoms with E-state index >= 15 is 0 Å². The molecule has 102 valence electrons. The van der Waals surface area contributed by atoms with Gasteiger partial charge in [-0.15, -0.1) is 0 Å². The van der Waals surface area contributed by atoms with Gasteiger partial charge in [-0.3, -0.25) is 0 Å². The molecule has 2 aromatic rings. The van der Waals surface area contributed by atoms with Gasteiger partial charge in [-0.05, 0) is 38.0 Å². The summed E-state index contributed by atoms with van der Waals surface area (Å²) < 4.78 is 5.36. The van der Waals surface area contributed by atoms with E-state index in [-0.39, 0.29) is 5.97 Å². The topological polar surface area (TPSA) is 39.2 Å². The van der Waals surface area contributed by atoms with Crippen LogP contribution >= 0.6 is 0 Å². The number of ether oxygens (including phenoxy) is 1. The Bertz CT molecular complexity index is 684. The molecule has 3 heteroatoms. The van der Waals surface area contributed by atoms with Gasteiger partial charge in [0, 0.05) is 12.0 Å². The summed E-state index contributed by atoms with van der Waals surface area (Å²) >= 11 is 0. The van der Waals surface area contributed by atoms with Crippen molar-refractivity contribution in [1.29, 1.82) is 0 Å². The number of carbonyl (C=O) groups excluding carboxylic acids is 1. The Hall–Kier alpha value is -2.16. The van der Waals surface area contributed by atoms with Crippen molar-refractivity contribution in [2.75, 3.05) is 0 Å². The average Bonchev–Trinajstić information content (AvgIpc) is 2.74. The molecule has 0 aliphatic heterocycles. The van der Waals surface area contributed by atoms with E-state index in [1.807, 2.05) is 39.0 Å². The Morgan fingerprint density at radius 2 is 1.85 bits per heavy atom. The lowest BCUT2D eigenvalue weighted by Gasteiger charge is -2.19. The van der Waals surface area contributed by atoms with Crippen LogP contribution in [0.4, 0.5) is 0 Å². The highest BCUT2D eigenvalue weighted by Crippen LogP contribution is 2.35. The predicted octanol–water partition coefficient (Wildman–Crippen LogP) is 3.61. The minimum Gasteiger partial charge on any atom is -0.455 e. The van der Waals surface area contributed by atoms with Crippen molar-refractivity contribution in [3.63, 3.8) is 0 Å². The Kier molecular flexibility index (Phi) is 2.85. The fourth-order valence-electron chi connectivity index (χ4n) is 2.44. The number of benzene rings is 1. The van der Waals surface area contributed by atoms with E-state index in [2.05, 4.69) is 17.1 Å². The standard InChI is InChI=1S/C17H17NO2/c1-17(2,3)20-16(19)14-9-8-13-12-7-5-4-6-11(12)10-15(13)18-14/h4-9H,10H2,1-3H3. The molecule has 0 amide bonds. The van der Waals surface area contributed by atoms with E-state index < -0.39 is 5.60 Å². The highest BCUT2D eigenvalue weighted by molar-refractivity contribution is 5.89. The number of aromatic nitrogens is 1. The molecule has 0 saturated heterocycles. The Labute approximate surface area is 118 Å². The maximum Gasteiger partial charge on any atom is 0.357 e. The summed E-state index contributed by atoms with van der Waals surface area (Å²) in [6, 6.07) is 12.0.